The van der Waals surface area contributed by atoms with Crippen molar-refractivity contribution in [2.75, 3.05) is 0 Å². The number of rotatable bonds is 2. The Bertz CT molecular complexity index is 760. The smallest absolute Gasteiger partial charge is 0.132 e. The minimum atomic E-state index is -0.179. The molecule has 0 spiro atoms. The molecular weight excluding hydrogens is 338 g/mol. The molecule has 0 aliphatic carbocycles. The second-order valence-electron chi connectivity index (χ2n) is 4.77. The normalized spacial score (nSPS) is 12.8. The zero-order valence-corrected chi connectivity index (χ0v) is 13.5. The van der Waals surface area contributed by atoms with E-state index in [-0.39, 0.29) is 5.38 Å². The highest BCUT2D eigenvalue weighted by atomic mass is 79.9. The number of benzene rings is 1. The van der Waals surface area contributed by atoms with Crippen molar-refractivity contribution in [1.82, 2.24) is 14.5 Å². The van der Waals surface area contributed by atoms with Gasteiger partial charge in [0.05, 0.1) is 17.1 Å². The number of pyridine rings is 1. The molecule has 0 aliphatic heterocycles. The maximum atomic E-state index is 6.29. The molecule has 5 heteroatoms. The Labute approximate surface area is 130 Å². The van der Waals surface area contributed by atoms with Crippen LogP contribution in [0.15, 0.2) is 41.1 Å². The van der Waals surface area contributed by atoms with E-state index in [0.29, 0.717) is 0 Å². The van der Waals surface area contributed by atoms with Gasteiger partial charge in [0, 0.05) is 16.4 Å². The van der Waals surface area contributed by atoms with Gasteiger partial charge in [-0.05, 0) is 43.7 Å². The quantitative estimate of drug-likeness (QED) is 0.622. The average Bonchev–Trinajstić information content (AvgIpc) is 2.77. The molecule has 0 aliphatic rings. The highest BCUT2D eigenvalue weighted by Gasteiger charge is 2.16. The van der Waals surface area contributed by atoms with Crippen LogP contribution in [0.1, 0.15) is 23.7 Å². The number of fused-ring (bicyclic) bond motifs is 1. The van der Waals surface area contributed by atoms with Crippen LogP contribution in [0.2, 0.25) is 0 Å². The number of nitrogens with zero attached hydrogens (tertiary/aromatic N) is 3. The SMILES string of the molecule is Cc1cc(Br)cc(-n2c(C(C)Cl)nc3cnccc32)c1. The van der Waals surface area contributed by atoms with Gasteiger partial charge in [-0.1, -0.05) is 15.9 Å². The number of aryl methyl sites for hydroxylation is 1. The molecule has 0 radical (unpaired) electrons. The average molecular weight is 351 g/mol. The first-order valence-corrected chi connectivity index (χ1v) is 7.53. The Balaban J connectivity index is 2.36. The van der Waals surface area contributed by atoms with Gasteiger partial charge in [0.15, 0.2) is 0 Å². The Morgan fingerprint density at radius 3 is 2.80 bits per heavy atom. The fourth-order valence-corrected chi connectivity index (χ4v) is 3.08. The predicted molar refractivity (Wildman–Crippen MR) is 85.6 cm³/mol. The molecular formula is C15H13BrClN3. The summed E-state index contributed by atoms with van der Waals surface area (Å²) in [4.78, 5) is 8.73. The monoisotopic (exact) mass is 349 g/mol. The van der Waals surface area contributed by atoms with E-state index in [4.69, 9.17) is 11.6 Å². The fourth-order valence-electron chi connectivity index (χ4n) is 2.34. The first kappa shape index (κ1) is 13.6. The van der Waals surface area contributed by atoms with Gasteiger partial charge in [-0.25, -0.2) is 4.98 Å². The summed E-state index contributed by atoms with van der Waals surface area (Å²) in [6.07, 6.45) is 3.54. The molecule has 1 unspecified atom stereocenters. The topological polar surface area (TPSA) is 30.7 Å². The summed E-state index contributed by atoms with van der Waals surface area (Å²) in [5, 5.41) is -0.179. The zero-order chi connectivity index (χ0) is 14.3. The lowest BCUT2D eigenvalue weighted by Gasteiger charge is -2.12. The Morgan fingerprint density at radius 2 is 2.10 bits per heavy atom. The van der Waals surface area contributed by atoms with Crippen LogP contribution in [0.5, 0.6) is 0 Å². The maximum Gasteiger partial charge on any atom is 0.132 e. The van der Waals surface area contributed by atoms with Gasteiger partial charge in [0.2, 0.25) is 0 Å². The lowest BCUT2D eigenvalue weighted by atomic mass is 10.2. The maximum absolute atomic E-state index is 6.29. The van der Waals surface area contributed by atoms with Crippen LogP contribution >= 0.6 is 27.5 Å². The van der Waals surface area contributed by atoms with Crippen LogP contribution < -0.4 is 0 Å². The second-order valence-corrected chi connectivity index (χ2v) is 6.34. The van der Waals surface area contributed by atoms with Gasteiger partial charge in [-0.3, -0.25) is 9.55 Å². The molecule has 0 N–H and O–H groups in total. The van der Waals surface area contributed by atoms with Gasteiger partial charge in [0.25, 0.3) is 0 Å². The summed E-state index contributed by atoms with van der Waals surface area (Å²) in [6, 6.07) is 8.22. The van der Waals surface area contributed by atoms with Crippen LogP contribution in [0.25, 0.3) is 16.7 Å². The first-order valence-electron chi connectivity index (χ1n) is 6.30. The van der Waals surface area contributed by atoms with Crippen molar-refractivity contribution in [2.24, 2.45) is 0 Å². The standard InChI is InChI=1S/C15H13BrClN3/c1-9-5-11(16)7-12(6-9)20-14-3-4-18-8-13(14)19-15(20)10(2)17/h3-8,10H,1-2H3. The summed E-state index contributed by atoms with van der Waals surface area (Å²) >= 11 is 9.84. The largest absolute Gasteiger partial charge is 0.295 e. The highest BCUT2D eigenvalue weighted by molar-refractivity contribution is 9.10. The van der Waals surface area contributed by atoms with E-state index < -0.39 is 0 Å². The molecule has 0 fully saturated rings. The Hall–Kier alpha value is -1.39. The van der Waals surface area contributed by atoms with Crippen molar-refractivity contribution in [1.29, 1.82) is 0 Å². The Morgan fingerprint density at radius 1 is 1.30 bits per heavy atom. The molecule has 2 aromatic heterocycles. The summed E-state index contributed by atoms with van der Waals surface area (Å²) in [5.74, 6) is 0.826. The summed E-state index contributed by atoms with van der Waals surface area (Å²) < 4.78 is 3.13. The van der Waals surface area contributed by atoms with Crippen LogP contribution in [-0.4, -0.2) is 14.5 Å². The molecule has 3 aromatic rings. The van der Waals surface area contributed by atoms with Crippen LogP contribution in [-0.2, 0) is 0 Å². The van der Waals surface area contributed by atoms with Crippen molar-refractivity contribution < 1.29 is 0 Å². The van der Waals surface area contributed by atoms with Crippen LogP contribution in [0.3, 0.4) is 0 Å². The molecule has 3 rings (SSSR count). The predicted octanol–water partition coefficient (Wildman–Crippen LogP) is 4.79. The lowest BCUT2D eigenvalue weighted by Crippen LogP contribution is -2.02. The molecule has 3 nitrogen and oxygen atoms in total. The van der Waals surface area contributed by atoms with Crippen LogP contribution in [0, 0.1) is 6.92 Å². The number of hydrogen-bond acceptors (Lipinski definition) is 2. The summed E-state index contributed by atoms with van der Waals surface area (Å²) in [6.45, 7) is 4.00. The van der Waals surface area contributed by atoms with Crippen molar-refractivity contribution in [3.8, 4) is 5.69 Å². The van der Waals surface area contributed by atoms with Crippen molar-refractivity contribution in [2.45, 2.75) is 19.2 Å². The van der Waals surface area contributed by atoms with Gasteiger partial charge in [0.1, 0.15) is 11.3 Å². The van der Waals surface area contributed by atoms with E-state index in [1.807, 2.05) is 13.0 Å². The van der Waals surface area contributed by atoms with E-state index in [1.165, 1.54) is 5.56 Å². The molecule has 2 heterocycles. The van der Waals surface area contributed by atoms with Crippen LogP contribution in [0.4, 0.5) is 0 Å². The molecule has 1 atom stereocenters. The number of hydrogen-bond donors (Lipinski definition) is 0. The molecule has 20 heavy (non-hydrogen) atoms. The van der Waals surface area contributed by atoms with Crippen molar-refractivity contribution in [3.05, 3.63) is 52.5 Å². The minimum absolute atomic E-state index is 0.179. The van der Waals surface area contributed by atoms with E-state index in [0.717, 1.165) is 27.0 Å². The lowest BCUT2D eigenvalue weighted by molar-refractivity contribution is 0.881. The molecule has 0 saturated heterocycles. The molecule has 0 bridgehead atoms. The first-order chi connectivity index (χ1) is 9.56. The van der Waals surface area contributed by atoms with Gasteiger partial charge in [-0.15, -0.1) is 11.6 Å². The number of halogens is 2. The third-order valence-electron chi connectivity index (χ3n) is 3.12. The number of aromatic nitrogens is 3. The van der Waals surface area contributed by atoms with E-state index in [9.17, 15) is 0 Å². The molecule has 102 valence electrons. The number of alkyl halides is 1. The van der Waals surface area contributed by atoms with E-state index >= 15 is 0 Å². The number of imidazole rings is 1. The third kappa shape index (κ3) is 2.34. The highest BCUT2D eigenvalue weighted by Crippen LogP contribution is 2.29. The van der Waals surface area contributed by atoms with E-state index in [2.05, 4.69) is 55.6 Å². The molecule has 1 aromatic carbocycles. The van der Waals surface area contributed by atoms with Crippen molar-refractivity contribution >= 4 is 38.6 Å². The summed E-state index contributed by atoms with van der Waals surface area (Å²) in [5.41, 5.74) is 4.10. The minimum Gasteiger partial charge on any atom is -0.295 e. The summed E-state index contributed by atoms with van der Waals surface area (Å²) in [7, 11) is 0. The molecule has 0 amide bonds. The fraction of sp³-hybridized carbons (Fsp3) is 0.200. The third-order valence-corrected chi connectivity index (χ3v) is 3.78. The van der Waals surface area contributed by atoms with E-state index in [1.54, 1.807) is 12.4 Å². The van der Waals surface area contributed by atoms with Crippen molar-refractivity contribution in [3.63, 3.8) is 0 Å². The van der Waals surface area contributed by atoms with Gasteiger partial charge >= 0.3 is 0 Å². The molecule has 0 saturated carbocycles. The zero-order valence-electron chi connectivity index (χ0n) is 11.1. The van der Waals surface area contributed by atoms with Gasteiger partial charge in [-0.2, -0.15) is 0 Å². The van der Waals surface area contributed by atoms with Gasteiger partial charge < -0.3 is 0 Å². The Kier molecular flexibility index (Phi) is 3.52. The second kappa shape index (κ2) is 5.19.